The van der Waals surface area contributed by atoms with Crippen LogP contribution in [0.1, 0.15) is 28.8 Å². The molecule has 1 aliphatic heterocycles. The van der Waals surface area contributed by atoms with E-state index in [4.69, 9.17) is 0 Å². The summed E-state index contributed by atoms with van der Waals surface area (Å²) in [5, 5.41) is 0. The third-order valence-corrected chi connectivity index (χ3v) is 4.33. The SMILES string of the molecule is O=C1CCCN1CN(C(=O)c1ccc(C(F)(F)F)cc1)c1ccc(F)cc1. The summed E-state index contributed by atoms with van der Waals surface area (Å²) in [4.78, 5) is 27.6. The first-order valence-corrected chi connectivity index (χ1v) is 8.28. The van der Waals surface area contributed by atoms with E-state index >= 15 is 0 Å². The Labute approximate surface area is 153 Å². The summed E-state index contributed by atoms with van der Waals surface area (Å²) < 4.78 is 51.4. The van der Waals surface area contributed by atoms with Crippen molar-refractivity contribution in [1.29, 1.82) is 0 Å². The predicted molar refractivity (Wildman–Crippen MR) is 90.5 cm³/mol. The van der Waals surface area contributed by atoms with E-state index in [0.29, 0.717) is 25.1 Å². The number of carbonyl (C=O) groups excluding carboxylic acids is 2. The molecule has 1 heterocycles. The minimum atomic E-state index is -4.50. The molecular weight excluding hydrogens is 364 g/mol. The van der Waals surface area contributed by atoms with Crippen LogP contribution < -0.4 is 4.90 Å². The van der Waals surface area contributed by atoms with Gasteiger partial charge in [0.25, 0.3) is 5.91 Å². The second kappa shape index (κ2) is 7.38. The smallest absolute Gasteiger partial charge is 0.324 e. The van der Waals surface area contributed by atoms with Gasteiger partial charge in [0.15, 0.2) is 0 Å². The first-order chi connectivity index (χ1) is 12.8. The molecule has 0 saturated carbocycles. The van der Waals surface area contributed by atoms with E-state index in [1.54, 1.807) is 0 Å². The summed E-state index contributed by atoms with van der Waals surface area (Å²) in [6.07, 6.45) is -3.45. The van der Waals surface area contributed by atoms with Crippen molar-refractivity contribution in [3.63, 3.8) is 0 Å². The molecule has 1 aliphatic rings. The zero-order chi connectivity index (χ0) is 19.6. The Balaban J connectivity index is 1.90. The van der Waals surface area contributed by atoms with Gasteiger partial charge in [0.05, 0.1) is 5.56 Å². The molecule has 2 aromatic carbocycles. The standard InChI is InChI=1S/C19H16F4N2O2/c20-15-7-9-16(10-8-15)25(12-24-11-1-2-17(24)26)18(27)13-3-5-14(6-4-13)19(21,22)23/h3-10H,1-2,11-12H2. The summed E-state index contributed by atoms with van der Waals surface area (Å²) in [5.41, 5.74) is -0.470. The highest BCUT2D eigenvalue weighted by Gasteiger charge is 2.31. The van der Waals surface area contributed by atoms with E-state index in [-0.39, 0.29) is 18.1 Å². The molecule has 2 aromatic rings. The number of anilines is 1. The highest BCUT2D eigenvalue weighted by molar-refractivity contribution is 6.06. The van der Waals surface area contributed by atoms with E-state index < -0.39 is 23.5 Å². The maximum absolute atomic E-state index is 13.2. The second-order valence-electron chi connectivity index (χ2n) is 6.19. The van der Waals surface area contributed by atoms with Crippen LogP contribution >= 0.6 is 0 Å². The van der Waals surface area contributed by atoms with Crippen LogP contribution in [0, 0.1) is 5.82 Å². The molecule has 0 aliphatic carbocycles. The van der Waals surface area contributed by atoms with Crippen LogP contribution in [0.3, 0.4) is 0 Å². The number of benzene rings is 2. The lowest BCUT2D eigenvalue weighted by atomic mass is 10.1. The monoisotopic (exact) mass is 380 g/mol. The van der Waals surface area contributed by atoms with Gasteiger partial charge in [-0.1, -0.05) is 0 Å². The number of likely N-dealkylation sites (tertiary alicyclic amines) is 1. The average Bonchev–Trinajstić information content (AvgIpc) is 3.04. The number of alkyl halides is 3. The lowest BCUT2D eigenvalue weighted by Gasteiger charge is -2.28. The maximum Gasteiger partial charge on any atom is 0.416 e. The Bertz CT molecular complexity index is 832. The molecule has 2 amide bonds. The van der Waals surface area contributed by atoms with Crippen molar-refractivity contribution in [2.45, 2.75) is 19.0 Å². The Morgan fingerprint density at radius 1 is 1.04 bits per heavy atom. The molecule has 8 heteroatoms. The van der Waals surface area contributed by atoms with Gasteiger partial charge in [-0.25, -0.2) is 4.39 Å². The number of hydrogen-bond acceptors (Lipinski definition) is 2. The van der Waals surface area contributed by atoms with Gasteiger partial charge in [0.2, 0.25) is 5.91 Å². The van der Waals surface area contributed by atoms with Gasteiger partial charge < -0.3 is 4.90 Å². The van der Waals surface area contributed by atoms with Gasteiger partial charge in [-0.05, 0) is 55.0 Å². The van der Waals surface area contributed by atoms with E-state index in [1.165, 1.54) is 34.1 Å². The van der Waals surface area contributed by atoms with Gasteiger partial charge in [0, 0.05) is 24.2 Å². The van der Waals surface area contributed by atoms with Crippen molar-refractivity contribution in [2.24, 2.45) is 0 Å². The van der Waals surface area contributed by atoms with E-state index in [0.717, 1.165) is 24.3 Å². The summed E-state index contributed by atoms with van der Waals surface area (Å²) in [6, 6.07) is 8.97. The Kier molecular flexibility index (Phi) is 5.16. The fourth-order valence-corrected chi connectivity index (χ4v) is 2.87. The van der Waals surface area contributed by atoms with Crippen molar-refractivity contribution in [3.8, 4) is 0 Å². The minimum absolute atomic E-state index is 0.0407. The van der Waals surface area contributed by atoms with Crippen LogP contribution in [0.2, 0.25) is 0 Å². The predicted octanol–water partition coefficient (Wildman–Crippen LogP) is 4.07. The van der Waals surface area contributed by atoms with Crippen molar-refractivity contribution in [3.05, 3.63) is 65.5 Å². The molecular formula is C19H16F4N2O2. The summed E-state index contributed by atoms with van der Waals surface area (Å²) >= 11 is 0. The first kappa shape index (κ1) is 18.9. The van der Waals surface area contributed by atoms with Crippen molar-refractivity contribution in [1.82, 2.24) is 4.90 Å². The summed E-state index contributed by atoms with van der Waals surface area (Å²) in [7, 11) is 0. The normalized spacial score (nSPS) is 14.5. The Morgan fingerprint density at radius 2 is 1.67 bits per heavy atom. The zero-order valence-corrected chi connectivity index (χ0v) is 14.2. The van der Waals surface area contributed by atoms with Crippen molar-refractivity contribution >= 4 is 17.5 Å². The minimum Gasteiger partial charge on any atom is -0.324 e. The molecule has 4 nitrogen and oxygen atoms in total. The van der Waals surface area contributed by atoms with Gasteiger partial charge in [-0.3, -0.25) is 14.5 Å². The summed E-state index contributed by atoms with van der Waals surface area (Å²) in [5.74, 6) is -1.17. The number of rotatable bonds is 4. The molecule has 27 heavy (non-hydrogen) atoms. The quantitative estimate of drug-likeness (QED) is 0.751. The molecule has 0 aromatic heterocycles. The van der Waals surface area contributed by atoms with Crippen molar-refractivity contribution in [2.75, 3.05) is 18.1 Å². The third-order valence-electron chi connectivity index (χ3n) is 4.33. The largest absolute Gasteiger partial charge is 0.416 e. The van der Waals surface area contributed by atoms with Crippen LogP contribution in [-0.4, -0.2) is 29.9 Å². The van der Waals surface area contributed by atoms with Crippen LogP contribution in [-0.2, 0) is 11.0 Å². The topological polar surface area (TPSA) is 40.6 Å². The van der Waals surface area contributed by atoms with Crippen LogP contribution in [0.4, 0.5) is 23.2 Å². The number of amides is 2. The lowest BCUT2D eigenvalue weighted by molar-refractivity contribution is -0.137. The second-order valence-corrected chi connectivity index (χ2v) is 6.19. The molecule has 0 radical (unpaired) electrons. The molecule has 3 rings (SSSR count). The highest BCUT2D eigenvalue weighted by Crippen LogP contribution is 2.29. The molecule has 0 spiro atoms. The fourth-order valence-electron chi connectivity index (χ4n) is 2.87. The van der Waals surface area contributed by atoms with Crippen LogP contribution in [0.25, 0.3) is 0 Å². The first-order valence-electron chi connectivity index (χ1n) is 8.28. The molecule has 0 N–H and O–H groups in total. The average molecular weight is 380 g/mol. The van der Waals surface area contributed by atoms with Gasteiger partial charge in [-0.15, -0.1) is 0 Å². The summed E-state index contributed by atoms with van der Waals surface area (Å²) in [6.45, 7) is 0.432. The molecule has 0 bridgehead atoms. The molecule has 1 saturated heterocycles. The van der Waals surface area contributed by atoms with Crippen molar-refractivity contribution < 1.29 is 27.2 Å². The van der Waals surface area contributed by atoms with E-state index in [1.807, 2.05) is 0 Å². The number of nitrogens with zero attached hydrogens (tertiary/aromatic N) is 2. The number of carbonyl (C=O) groups is 2. The Hall–Kier alpha value is -2.90. The molecule has 142 valence electrons. The number of hydrogen-bond donors (Lipinski definition) is 0. The fraction of sp³-hybridized carbons (Fsp3) is 0.263. The zero-order valence-electron chi connectivity index (χ0n) is 14.2. The van der Waals surface area contributed by atoms with E-state index in [2.05, 4.69) is 0 Å². The van der Waals surface area contributed by atoms with Crippen LogP contribution in [0.15, 0.2) is 48.5 Å². The number of halogens is 4. The third kappa shape index (κ3) is 4.27. The van der Waals surface area contributed by atoms with Gasteiger partial charge in [-0.2, -0.15) is 13.2 Å². The lowest BCUT2D eigenvalue weighted by Crippen LogP contribution is -2.42. The van der Waals surface area contributed by atoms with Gasteiger partial charge in [0.1, 0.15) is 12.5 Å². The van der Waals surface area contributed by atoms with Gasteiger partial charge >= 0.3 is 6.18 Å². The molecule has 0 atom stereocenters. The van der Waals surface area contributed by atoms with Crippen LogP contribution in [0.5, 0.6) is 0 Å². The molecule has 1 fully saturated rings. The maximum atomic E-state index is 13.2. The Morgan fingerprint density at radius 3 is 2.19 bits per heavy atom. The highest BCUT2D eigenvalue weighted by atomic mass is 19.4. The molecule has 0 unspecified atom stereocenters. The van der Waals surface area contributed by atoms with E-state index in [9.17, 15) is 27.2 Å².